The highest BCUT2D eigenvalue weighted by Crippen LogP contribution is 2.35. The lowest BCUT2D eigenvalue weighted by atomic mass is 10.1. The van der Waals surface area contributed by atoms with Crippen molar-refractivity contribution in [2.75, 3.05) is 30.0 Å². The predicted octanol–water partition coefficient (Wildman–Crippen LogP) is 2.63. The van der Waals surface area contributed by atoms with Crippen molar-refractivity contribution in [1.29, 1.82) is 0 Å². The molecule has 1 saturated heterocycles. The predicted molar refractivity (Wildman–Crippen MR) is 125 cm³/mol. The number of aliphatic imine (C=N–C) groups is 1. The van der Waals surface area contributed by atoms with Crippen LogP contribution in [-0.4, -0.2) is 55.5 Å². The van der Waals surface area contributed by atoms with E-state index in [-0.39, 0.29) is 34.7 Å². The van der Waals surface area contributed by atoms with Crippen LogP contribution in [0.3, 0.4) is 0 Å². The monoisotopic (exact) mass is 473 g/mol. The van der Waals surface area contributed by atoms with Crippen LogP contribution in [0.15, 0.2) is 47.5 Å². The Balaban J connectivity index is 1.19. The third kappa shape index (κ3) is 4.42. The van der Waals surface area contributed by atoms with Crippen LogP contribution in [0.4, 0.5) is 5.69 Å². The van der Waals surface area contributed by atoms with E-state index in [9.17, 15) is 13.2 Å². The molecule has 168 valence electrons. The Labute approximate surface area is 190 Å². The van der Waals surface area contributed by atoms with Crippen LogP contribution in [0.2, 0.25) is 0 Å². The van der Waals surface area contributed by atoms with Crippen LogP contribution in [0, 0.1) is 0 Å². The van der Waals surface area contributed by atoms with Gasteiger partial charge in [0.2, 0.25) is 0 Å². The van der Waals surface area contributed by atoms with Gasteiger partial charge < -0.3 is 20.1 Å². The van der Waals surface area contributed by atoms with E-state index in [2.05, 4.69) is 15.6 Å². The van der Waals surface area contributed by atoms with E-state index >= 15 is 0 Å². The zero-order valence-corrected chi connectivity index (χ0v) is 19.0. The highest BCUT2D eigenvalue weighted by molar-refractivity contribution is 8.15. The molecule has 0 saturated carbocycles. The lowest BCUT2D eigenvalue weighted by molar-refractivity contribution is 0.0939. The van der Waals surface area contributed by atoms with Crippen molar-refractivity contribution in [1.82, 2.24) is 5.32 Å². The largest absolute Gasteiger partial charge is 0.486 e. The van der Waals surface area contributed by atoms with Crippen molar-refractivity contribution in [2.45, 2.75) is 24.3 Å². The number of benzene rings is 2. The number of carbonyl (C=O) groups excluding carboxylic acids is 1. The first-order valence-corrected chi connectivity index (χ1v) is 13.1. The Morgan fingerprint density at radius 3 is 2.59 bits per heavy atom. The fraction of sp³-hybridized carbons (Fsp3) is 0.364. The molecule has 5 rings (SSSR count). The normalized spacial score (nSPS) is 23.7. The summed E-state index contributed by atoms with van der Waals surface area (Å²) in [7, 11) is -2.97. The molecule has 1 amide bonds. The highest BCUT2D eigenvalue weighted by Gasteiger charge is 2.42. The number of thioether (sulfide) groups is 1. The number of amidine groups is 1. The summed E-state index contributed by atoms with van der Waals surface area (Å²) in [6.07, 6.45) is 0. The molecule has 32 heavy (non-hydrogen) atoms. The zero-order valence-electron chi connectivity index (χ0n) is 17.4. The average Bonchev–Trinajstić information content (AvgIpc) is 3.26. The minimum absolute atomic E-state index is 0.00500. The van der Waals surface area contributed by atoms with Crippen molar-refractivity contribution in [3.8, 4) is 11.5 Å². The number of hydrogen-bond donors (Lipinski definition) is 2. The fourth-order valence-corrected chi connectivity index (χ4v) is 7.61. The highest BCUT2D eigenvalue weighted by atomic mass is 32.2. The molecule has 3 heterocycles. The number of carbonyl (C=O) groups is 1. The molecule has 0 unspecified atom stereocenters. The van der Waals surface area contributed by atoms with Crippen LogP contribution >= 0.6 is 11.8 Å². The minimum atomic E-state index is -2.97. The fourth-order valence-electron chi connectivity index (χ4n) is 3.94. The number of hydrogen-bond acceptors (Lipinski definition) is 8. The molecule has 0 bridgehead atoms. The second-order valence-corrected chi connectivity index (χ2v) is 11.4. The molecule has 2 N–H and O–H groups in total. The van der Waals surface area contributed by atoms with Gasteiger partial charge in [0.25, 0.3) is 5.91 Å². The Kier molecular flexibility index (Phi) is 5.50. The van der Waals surface area contributed by atoms with Gasteiger partial charge >= 0.3 is 0 Å². The minimum Gasteiger partial charge on any atom is -0.486 e. The van der Waals surface area contributed by atoms with Crippen molar-refractivity contribution >= 4 is 38.4 Å². The SMILES string of the molecule is C[C@H](NC(=O)c1ccc(NC2=N[C@H]3CS(=O)(=O)C[C@H]3S2)cc1)c1ccc2c(c1)OCCO2. The van der Waals surface area contributed by atoms with Gasteiger partial charge in [0, 0.05) is 16.5 Å². The maximum Gasteiger partial charge on any atom is 0.251 e. The first-order valence-electron chi connectivity index (χ1n) is 10.4. The molecule has 2 aromatic carbocycles. The van der Waals surface area contributed by atoms with Gasteiger partial charge in [0.1, 0.15) is 13.2 Å². The van der Waals surface area contributed by atoms with Crippen LogP contribution < -0.4 is 20.1 Å². The first-order chi connectivity index (χ1) is 15.4. The number of fused-ring (bicyclic) bond motifs is 2. The quantitative estimate of drug-likeness (QED) is 0.703. The summed E-state index contributed by atoms with van der Waals surface area (Å²) in [5.74, 6) is 1.54. The smallest absolute Gasteiger partial charge is 0.251 e. The summed E-state index contributed by atoms with van der Waals surface area (Å²) in [4.78, 5) is 17.2. The molecule has 8 nitrogen and oxygen atoms in total. The van der Waals surface area contributed by atoms with Crippen LogP contribution in [-0.2, 0) is 9.84 Å². The number of rotatable bonds is 4. The molecule has 3 aliphatic rings. The van der Waals surface area contributed by atoms with E-state index in [1.807, 2.05) is 37.3 Å². The van der Waals surface area contributed by atoms with E-state index < -0.39 is 9.84 Å². The van der Waals surface area contributed by atoms with E-state index in [4.69, 9.17) is 9.47 Å². The molecule has 0 spiro atoms. The van der Waals surface area contributed by atoms with E-state index in [0.29, 0.717) is 24.5 Å². The van der Waals surface area contributed by atoms with Crippen LogP contribution in [0.25, 0.3) is 0 Å². The summed E-state index contributed by atoms with van der Waals surface area (Å²) in [6.45, 7) is 2.98. The standard InChI is InChI=1S/C22H23N3O5S2/c1-13(15-4-7-18-19(10-15)30-9-8-29-18)23-21(26)14-2-5-16(6-3-14)24-22-25-17-11-32(27,28)12-20(17)31-22/h2-7,10,13,17,20H,8-9,11-12H2,1H3,(H,23,26)(H,24,25)/t13-,17-,20+/m0/s1. The van der Waals surface area contributed by atoms with Gasteiger partial charge in [0.05, 0.1) is 23.6 Å². The first kappa shape index (κ1) is 21.1. The zero-order chi connectivity index (χ0) is 22.3. The maximum atomic E-state index is 12.7. The van der Waals surface area contributed by atoms with Gasteiger partial charge in [-0.15, -0.1) is 0 Å². The lowest BCUT2D eigenvalue weighted by Crippen LogP contribution is -2.26. The second-order valence-electron chi connectivity index (χ2n) is 8.04. The Morgan fingerprint density at radius 2 is 1.84 bits per heavy atom. The van der Waals surface area contributed by atoms with Gasteiger partial charge in [0.15, 0.2) is 26.5 Å². The third-order valence-corrected chi connectivity index (χ3v) is 8.77. The molecule has 3 atom stereocenters. The molecule has 0 aliphatic carbocycles. The Morgan fingerprint density at radius 1 is 1.09 bits per heavy atom. The summed E-state index contributed by atoms with van der Waals surface area (Å²) < 4.78 is 34.5. The summed E-state index contributed by atoms with van der Waals surface area (Å²) >= 11 is 1.47. The molecule has 10 heteroatoms. The van der Waals surface area contributed by atoms with Crippen LogP contribution in [0.1, 0.15) is 28.9 Å². The Hall–Kier alpha value is -2.72. The Bertz CT molecular complexity index is 1180. The van der Waals surface area contributed by atoms with Crippen molar-refractivity contribution in [3.05, 3.63) is 53.6 Å². The average molecular weight is 474 g/mol. The van der Waals surface area contributed by atoms with E-state index in [1.54, 1.807) is 12.1 Å². The molecular weight excluding hydrogens is 450 g/mol. The third-order valence-electron chi connectivity index (χ3n) is 5.63. The van der Waals surface area contributed by atoms with Crippen molar-refractivity contribution < 1.29 is 22.7 Å². The number of nitrogens with zero attached hydrogens (tertiary/aromatic N) is 1. The van der Waals surface area contributed by atoms with Crippen molar-refractivity contribution in [3.63, 3.8) is 0 Å². The molecule has 0 radical (unpaired) electrons. The van der Waals surface area contributed by atoms with E-state index in [1.165, 1.54) is 11.8 Å². The summed E-state index contributed by atoms with van der Waals surface area (Å²) in [5.41, 5.74) is 2.28. The van der Waals surface area contributed by atoms with Gasteiger partial charge in [-0.1, -0.05) is 17.8 Å². The molecular formula is C22H23N3O5S2. The van der Waals surface area contributed by atoms with Crippen LogP contribution in [0.5, 0.6) is 11.5 Å². The molecule has 1 fully saturated rings. The number of ether oxygens (including phenoxy) is 2. The molecule has 0 aromatic heterocycles. The summed E-state index contributed by atoms with van der Waals surface area (Å²) in [5, 5.41) is 6.94. The number of anilines is 1. The van der Waals surface area contributed by atoms with Gasteiger partial charge in [-0.05, 0) is 48.9 Å². The second kappa shape index (κ2) is 8.32. The molecule has 2 aromatic rings. The maximum absolute atomic E-state index is 12.7. The lowest BCUT2D eigenvalue weighted by Gasteiger charge is -2.21. The number of amides is 1. The van der Waals surface area contributed by atoms with Gasteiger partial charge in [-0.25, -0.2) is 8.42 Å². The van der Waals surface area contributed by atoms with Crippen molar-refractivity contribution in [2.24, 2.45) is 4.99 Å². The number of sulfone groups is 1. The van der Waals surface area contributed by atoms with Gasteiger partial charge in [-0.3, -0.25) is 9.79 Å². The topological polar surface area (TPSA) is 106 Å². The van der Waals surface area contributed by atoms with Gasteiger partial charge in [-0.2, -0.15) is 0 Å². The summed E-state index contributed by atoms with van der Waals surface area (Å²) in [6, 6.07) is 12.4. The molecule has 3 aliphatic heterocycles. The number of nitrogens with one attached hydrogen (secondary N) is 2. The van der Waals surface area contributed by atoms with E-state index in [0.717, 1.165) is 22.2 Å².